The van der Waals surface area contributed by atoms with E-state index in [9.17, 15) is 4.79 Å². The summed E-state index contributed by atoms with van der Waals surface area (Å²) in [4.78, 5) is 11.6. The van der Waals surface area contributed by atoms with E-state index in [0.29, 0.717) is 19.5 Å². The minimum Gasteiger partial charge on any atom is -0.496 e. The fraction of sp³-hybridized carbons (Fsp3) is 0.562. The van der Waals surface area contributed by atoms with Crippen LogP contribution in [0.1, 0.15) is 38.2 Å². The maximum atomic E-state index is 11.6. The van der Waals surface area contributed by atoms with Gasteiger partial charge in [0, 0.05) is 31.6 Å². The Hall–Kier alpha value is -1.55. The van der Waals surface area contributed by atoms with Crippen molar-refractivity contribution in [2.45, 2.75) is 39.2 Å². The molecule has 0 aromatic heterocycles. The lowest BCUT2D eigenvalue weighted by Gasteiger charge is -2.09. The van der Waals surface area contributed by atoms with Crippen LogP contribution in [0.25, 0.3) is 0 Å². The molecule has 4 heteroatoms. The Kier molecular flexibility index (Phi) is 8.47. The number of nitrogens with one attached hydrogen (secondary N) is 2. The third kappa shape index (κ3) is 6.57. The maximum Gasteiger partial charge on any atom is 0.221 e. The SMILES string of the molecule is CCCCCNC(=O)CCNCc1ccccc1OC. The van der Waals surface area contributed by atoms with Crippen LogP contribution in [0.5, 0.6) is 5.75 Å². The van der Waals surface area contributed by atoms with E-state index in [-0.39, 0.29) is 5.91 Å². The summed E-state index contributed by atoms with van der Waals surface area (Å²) in [5.41, 5.74) is 1.11. The first-order valence-electron chi connectivity index (χ1n) is 7.37. The van der Waals surface area contributed by atoms with Crippen molar-refractivity contribution in [3.63, 3.8) is 0 Å². The molecule has 20 heavy (non-hydrogen) atoms. The van der Waals surface area contributed by atoms with Gasteiger partial charge in [-0.15, -0.1) is 0 Å². The minimum absolute atomic E-state index is 0.119. The van der Waals surface area contributed by atoms with E-state index in [4.69, 9.17) is 4.74 Å². The van der Waals surface area contributed by atoms with Crippen molar-refractivity contribution in [3.8, 4) is 5.75 Å². The first-order chi connectivity index (χ1) is 9.77. The van der Waals surface area contributed by atoms with E-state index in [1.807, 2.05) is 24.3 Å². The average Bonchev–Trinajstić information content (AvgIpc) is 2.48. The number of benzene rings is 1. The highest BCUT2D eigenvalue weighted by atomic mass is 16.5. The van der Waals surface area contributed by atoms with Gasteiger partial charge >= 0.3 is 0 Å². The minimum atomic E-state index is 0.119. The van der Waals surface area contributed by atoms with Crippen LogP contribution in [0.2, 0.25) is 0 Å². The molecule has 4 nitrogen and oxygen atoms in total. The van der Waals surface area contributed by atoms with Crippen LogP contribution in [0, 0.1) is 0 Å². The zero-order valence-electron chi connectivity index (χ0n) is 12.6. The molecule has 0 radical (unpaired) electrons. The number of ether oxygens (including phenoxy) is 1. The van der Waals surface area contributed by atoms with Gasteiger partial charge in [0.25, 0.3) is 0 Å². The standard InChI is InChI=1S/C16H26N2O2/c1-3-4-7-11-18-16(19)10-12-17-13-14-8-5-6-9-15(14)20-2/h5-6,8-9,17H,3-4,7,10-13H2,1-2H3,(H,18,19). The van der Waals surface area contributed by atoms with E-state index in [1.165, 1.54) is 12.8 Å². The lowest BCUT2D eigenvalue weighted by Crippen LogP contribution is -2.28. The average molecular weight is 278 g/mol. The molecule has 0 aliphatic heterocycles. The summed E-state index contributed by atoms with van der Waals surface area (Å²) >= 11 is 0. The predicted molar refractivity (Wildman–Crippen MR) is 81.9 cm³/mol. The zero-order valence-corrected chi connectivity index (χ0v) is 12.6. The molecule has 0 unspecified atom stereocenters. The second-order valence-electron chi connectivity index (χ2n) is 4.80. The number of carbonyl (C=O) groups excluding carboxylic acids is 1. The molecule has 0 atom stereocenters. The monoisotopic (exact) mass is 278 g/mol. The van der Waals surface area contributed by atoms with Crippen LogP contribution < -0.4 is 15.4 Å². The topological polar surface area (TPSA) is 50.4 Å². The first kappa shape index (κ1) is 16.5. The van der Waals surface area contributed by atoms with Crippen LogP contribution in [0.15, 0.2) is 24.3 Å². The number of amides is 1. The van der Waals surface area contributed by atoms with Gasteiger partial charge < -0.3 is 15.4 Å². The third-order valence-corrected chi connectivity index (χ3v) is 3.14. The molecule has 2 N–H and O–H groups in total. The first-order valence-corrected chi connectivity index (χ1v) is 7.37. The molecule has 1 aromatic carbocycles. The lowest BCUT2D eigenvalue weighted by molar-refractivity contribution is -0.121. The smallest absolute Gasteiger partial charge is 0.221 e. The Morgan fingerprint density at radius 2 is 2.00 bits per heavy atom. The summed E-state index contributed by atoms with van der Waals surface area (Å²) in [6.45, 7) is 4.34. The Labute approximate surface area is 121 Å². The number of methoxy groups -OCH3 is 1. The second kappa shape index (κ2) is 10.3. The number of carbonyl (C=O) groups is 1. The van der Waals surface area contributed by atoms with Crippen molar-refractivity contribution in [3.05, 3.63) is 29.8 Å². The molecule has 1 amide bonds. The summed E-state index contributed by atoms with van der Waals surface area (Å²) in [6, 6.07) is 7.90. The molecular weight excluding hydrogens is 252 g/mol. The Balaban J connectivity index is 2.13. The third-order valence-electron chi connectivity index (χ3n) is 3.14. The van der Waals surface area contributed by atoms with E-state index in [1.54, 1.807) is 7.11 Å². The fourth-order valence-corrected chi connectivity index (χ4v) is 1.97. The van der Waals surface area contributed by atoms with Gasteiger partial charge in [-0.05, 0) is 12.5 Å². The summed E-state index contributed by atoms with van der Waals surface area (Å²) < 4.78 is 5.28. The number of para-hydroxylation sites is 1. The highest BCUT2D eigenvalue weighted by Gasteiger charge is 2.02. The van der Waals surface area contributed by atoms with Crippen molar-refractivity contribution in [2.75, 3.05) is 20.2 Å². The summed E-state index contributed by atoms with van der Waals surface area (Å²) in [5, 5.41) is 6.20. The Bertz CT molecular complexity index is 394. The van der Waals surface area contributed by atoms with Gasteiger partial charge in [0.2, 0.25) is 5.91 Å². The molecule has 0 bridgehead atoms. The normalized spacial score (nSPS) is 10.3. The van der Waals surface area contributed by atoms with Gasteiger partial charge in [-0.3, -0.25) is 4.79 Å². The molecule has 0 aliphatic rings. The molecule has 0 saturated carbocycles. The van der Waals surface area contributed by atoms with Crippen molar-refractivity contribution >= 4 is 5.91 Å². The fourth-order valence-electron chi connectivity index (χ4n) is 1.97. The van der Waals surface area contributed by atoms with Crippen LogP contribution in [0.3, 0.4) is 0 Å². The predicted octanol–water partition coefficient (Wildman–Crippen LogP) is 2.48. The molecule has 112 valence electrons. The summed E-state index contributed by atoms with van der Waals surface area (Å²) in [7, 11) is 1.67. The Morgan fingerprint density at radius 3 is 2.75 bits per heavy atom. The number of unbranched alkanes of at least 4 members (excludes halogenated alkanes) is 2. The zero-order chi connectivity index (χ0) is 14.6. The molecule has 0 heterocycles. The largest absolute Gasteiger partial charge is 0.496 e. The number of hydrogen-bond donors (Lipinski definition) is 2. The van der Waals surface area contributed by atoms with E-state index < -0.39 is 0 Å². The molecular formula is C16H26N2O2. The summed E-state index contributed by atoms with van der Waals surface area (Å²) in [5.74, 6) is 0.998. The van der Waals surface area contributed by atoms with Crippen LogP contribution in [0.4, 0.5) is 0 Å². The molecule has 0 aliphatic carbocycles. The molecule has 1 aromatic rings. The van der Waals surface area contributed by atoms with E-state index in [0.717, 1.165) is 24.3 Å². The van der Waals surface area contributed by atoms with Gasteiger partial charge in [0.05, 0.1) is 7.11 Å². The van der Waals surface area contributed by atoms with Gasteiger partial charge in [-0.1, -0.05) is 38.0 Å². The van der Waals surface area contributed by atoms with Crippen molar-refractivity contribution in [1.29, 1.82) is 0 Å². The van der Waals surface area contributed by atoms with Crippen LogP contribution in [-0.4, -0.2) is 26.1 Å². The Morgan fingerprint density at radius 1 is 1.20 bits per heavy atom. The highest BCUT2D eigenvalue weighted by molar-refractivity contribution is 5.75. The molecule has 0 saturated heterocycles. The van der Waals surface area contributed by atoms with Crippen LogP contribution in [-0.2, 0) is 11.3 Å². The summed E-state index contributed by atoms with van der Waals surface area (Å²) in [6.07, 6.45) is 3.93. The van der Waals surface area contributed by atoms with Gasteiger partial charge in [-0.2, -0.15) is 0 Å². The number of rotatable bonds is 10. The highest BCUT2D eigenvalue weighted by Crippen LogP contribution is 2.16. The quantitative estimate of drug-likeness (QED) is 0.646. The van der Waals surface area contributed by atoms with Gasteiger partial charge in [-0.25, -0.2) is 0 Å². The van der Waals surface area contributed by atoms with Crippen molar-refractivity contribution in [1.82, 2.24) is 10.6 Å². The molecule has 0 fully saturated rings. The van der Waals surface area contributed by atoms with E-state index in [2.05, 4.69) is 17.6 Å². The van der Waals surface area contributed by atoms with Crippen LogP contribution >= 0.6 is 0 Å². The van der Waals surface area contributed by atoms with E-state index >= 15 is 0 Å². The molecule has 1 rings (SSSR count). The van der Waals surface area contributed by atoms with Gasteiger partial charge in [0.1, 0.15) is 5.75 Å². The molecule has 0 spiro atoms. The second-order valence-corrected chi connectivity index (χ2v) is 4.80. The maximum absolute atomic E-state index is 11.6. The van der Waals surface area contributed by atoms with Crippen molar-refractivity contribution < 1.29 is 9.53 Å². The lowest BCUT2D eigenvalue weighted by atomic mass is 10.2. The van der Waals surface area contributed by atoms with Crippen molar-refractivity contribution in [2.24, 2.45) is 0 Å². The van der Waals surface area contributed by atoms with Gasteiger partial charge in [0.15, 0.2) is 0 Å². The number of hydrogen-bond acceptors (Lipinski definition) is 3.